The fourth-order valence-corrected chi connectivity index (χ4v) is 3.34. The summed E-state index contributed by atoms with van der Waals surface area (Å²) in [5.41, 5.74) is 5.87. The van der Waals surface area contributed by atoms with Gasteiger partial charge in [0.25, 0.3) is 0 Å². The molecule has 0 aromatic heterocycles. The highest BCUT2D eigenvalue weighted by molar-refractivity contribution is 5.79. The summed E-state index contributed by atoms with van der Waals surface area (Å²) >= 11 is 0. The zero-order valence-electron chi connectivity index (χ0n) is 11.0. The van der Waals surface area contributed by atoms with Gasteiger partial charge in [0.2, 0.25) is 5.91 Å². The van der Waals surface area contributed by atoms with Crippen molar-refractivity contribution in [3.8, 4) is 0 Å². The lowest BCUT2D eigenvalue weighted by Gasteiger charge is -2.24. The van der Waals surface area contributed by atoms with Crippen molar-refractivity contribution in [3.05, 3.63) is 0 Å². The molecule has 1 unspecified atom stereocenters. The van der Waals surface area contributed by atoms with Crippen LogP contribution in [-0.4, -0.2) is 29.9 Å². The number of nitrogens with two attached hydrogens (primary N) is 1. The van der Waals surface area contributed by atoms with E-state index < -0.39 is 0 Å². The van der Waals surface area contributed by atoms with Gasteiger partial charge < -0.3 is 10.6 Å². The van der Waals surface area contributed by atoms with Crippen LogP contribution in [0.4, 0.5) is 0 Å². The third kappa shape index (κ3) is 3.21. The maximum absolute atomic E-state index is 12.4. The second-order valence-corrected chi connectivity index (χ2v) is 5.82. The lowest BCUT2D eigenvalue weighted by atomic mass is 9.90. The van der Waals surface area contributed by atoms with Crippen molar-refractivity contribution in [1.29, 1.82) is 0 Å². The highest BCUT2D eigenvalue weighted by atomic mass is 16.2. The molecule has 1 saturated heterocycles. The molecule has 2 fully saturated rings. The molecule has 1 aliphatic heterocycles. The molecule has 0 aromatic carbocycles. The van der Waals surface area contributed by atoms with Crippen LogP contribution in [0.15, 0.2) is 0 Å². The summed E-state index contributed by atoms with van der Waals surface area (Å²) in [5, 5.41) is 0. The summed E-state index contributed by atoms with van der Waals surface area (Å²) in [6.45, 7) is 3.80. The fourth-order valence-electron chi connectivity index (χ4n) is 3.34. The van der Waals surface area contributed by atoms with Crippen molar-refractivity contribution in [2.75, 3.05) is 13.1 Å². The van der Waals surface area contributed by atoms with Crippen molar-refractivity contribution >= 4 is 5.91 Å². The average Bonchev–Trinajstić information content (AvgIpc) is 2.96. The topological polar surface area (TPSA) is 46.3 Å². The van der Waals surface area contributed by atoms with E-state index >= 15 is 0 Å². The molecule has 0 radical (unpaired) electrons. The molecule has 2 aliphatic rings. The number of nitrogens with zero attached hydrogens (tertiary/aromatic N) is 1. The summed E-state index contributed by atoms with van der Waals surface area (Å²) in [4.78, 5) is 14.4. The Kier molecular flexibility index (Phi) is 4.43. The van der Waals surface area contributed by atoms with Crippen LogP contribution in [-0.2, 0) is 4.79 Å². The van der Waals surface area contributed by atoms with Crippen LogP contribution >= 0.6 is 0 Å². The number of amides is 1. The predicted molar refractivity (Wildman–Crippen MR) is 69.5 cm³/mol. The molecule has 2 rings (SSSR count). The van der Waals surface area contributed by atoms with Gasteiger partial charge in [-0.25, -0.2) is 0 Å². The Labute approximate surface area is 105 Å². The van der Waals surface area contributed by atoms with Gasteiger partial charge in [0.05, 0.1) is 0 Å². The van der Waals surface area contributed by atoms with Gasteiger partial charge in [-0.1, -0.05) is 32.6 Å². The van der Waals surface area contributed by atoms with Gasteiger partial charge >= 0.3 is 0 Å². The largest absolute Gasteiger partial charge is 0.341 e. The van der Waals surface area contributed by atoms with E-state index in [0.717, 1.165) is 38.3 Å². The first-order valence-electron chi connectivity index (χ1n) is 7.25. The Balaban J connectivity index is 1.86. The Bertz CT molecular complexity index is 261. The molecular formula is C14H26N2O. The Hall–Kier alpha value is -0.570. The van der Waals surface area contributed by atoms with Gasteiger partial charge in [-0.3, -0.25) is 4.79 Å². The molecule has 1 saturated carbocycles. The number of rotatable bonds is 4. The Morgan fingerprint density at radius 1 is 1.35 bits per heavy atom. The number of carbonyl (C=O) groups excluding carboxylic acids is 1. The lowest BCUT2D eigenvalue weighted by molar-refractivity contribution is -0.135. The molecule has 3 heteroatoms. The first-order chi connectivity index (χ1) is 8.20. The molecule has 3 nitrogen and oxygen atoms in total. The minimum Gasteiger partial charge on any atom is -0.341 e. The predicted octanol–water partition coefficient (Wildman–Crippen LogP) is 2.15. The third-order valence-corrected chi connectivity index (χ3v) is 4.47. The first kappa shape index (κ1) is 12.9. The van der Waals surface area contributed by atoms with Crippen molar-refractivity contribution < 1.29 is 4.79 Å². The number of likely N-dealkylation sites (tertiary alicyclic amines) is 1. The standard InChI is InChI=1S/C14H26N2O/c1-2-12(9-11-5-3-4-6-11)14(17)16-8-7-13(15)10-16/h11-13H,2-10,15H2,1H3/t12?,13-/m1/s1. The Morgan fingerprint density at radius 3 is 2.59 bits per heavy atom. The highest BCUT2D eigenvalue weighted by Crippen LogP contribution is 2.32. The molecule has 1 heterocycles. The van der Waals surface area contributed by atoms with Gasteiger partial charge in [0, 0.05) is 25.0 Å². The molecule has 1 amide bonds. The van der Waals surface area contributed by atoms with Crippen LogP contribution < -0.4 is 5.73 Å². The van der Waals surface area contributed by atoms with E-state index in [-0.39, 0.29) is 12.0 Å². The van der Waals surface area contributed by atoms with Gasteiger partial charge in [0.1, 0.15) is 0 Å². The number of hydrogen-bond acceptors (Lipinski definition) is 2. The molecule has 2 N–H and O–H groups in total. The fraction of sp³-hybridized carbons (Fsp3) is 0.929. The van der Waals surface area contributed by atoms with E-state index in [0.29, 0.717) is 5.91 Å². The van der Waals surface area contributed by atoms with Gasteiger partial charge in [-0.2, -0.15) is 0 Å². The van der Waals surface area contributed by atoms with Crippen LogP contribution in [0.2, 0.25) is 0 Å². The molecule has 0 bridgehead atoms. The second kappa shape index (κ2) is 5.85. The quantitative estimate of drug-likeness (QED) is 0.815. The molecule has 0 aromatic rings. The maximum atomic E-state index is 12.4. The van der Waals surface area contributed by atoms with Crippen LogP contribution in [0, 0.1) is 11.8 Å². The van der Waals surface area contributed by atoms with Gasteiger partial charge in [0.15, 0.2) is 0 Å². The lowest BCUT2D eigenvalue weighted by Crippen LogP contribution is -2.36. The van der Waals surface area contributed by atoms with Crippen LogP contribution in [0.1, 0.15) is 51.9 Å². The summed E-state index contributed by atoms with van der Waals surface area (Å²) in [5.74, 6) is 1.43. The normalized spacial score (nSPS) is 27.6. The van der Waals surface area contributed by atoms with E-state index in [9.17, 15) is 4.79 Å². The maximum Gasteiger partial charge on any atom is 0.225 e. The smallest absolute Gasteiger partial charge is 0.225 e. The highest BCUT2D eigenvalue weighted by Gasteiger charge is 2.30. The van der Waals surface area contributed by atoms with Crippen LogP contribution in [0.5, 0.6) is 0 Å². The average molecular weight is 238 g/mol. The summed E-state index contributed by atoms with van der Waals surface area (Å²) in [6.07, 6.45) is 8.48. The van der Waals surface area contributed by atoms with Crippen molar-refractivity contribution in [1.82, 2.24) is 4.90 Å². The van der Waals surface area contributed by atoms with Gasteiger partial charge in [-0.05, 0) is 25.2 Å². The van der Waals surface area contributed by atoms with E-state index in [1.807, 2.05) is 4.90 Å². The van der Waals surface area contributed by atoms with E-state index in [2.05, 4.69) is 6.92 Å². The minimum atomic E-state index is 0.211. The molecule has 0 spiro atoms. The van der Waals surface area contributed by atoms with Gasteiger partial charge in [-0.15, -0.1) is 0 Å². The molecule has 17 heavy (non-hydrogen) atoms. The first-order valence-corrected chi connectivity index (χ1v) is 7.25. The third-order valence-electron chi connectivity index (χ3n) is 4.47. The Morgan fingerprint density at radius 2 is 2.06 bits per heavy atom. The zero-order chi connectivity index (χ0) is 12.3. The monoisotopic (exact) mass is 238 g/mol. The molecular weight excluding hydrogens is 212 g/mol. The molecule has 1 aliphatic carbocycles. The van der Waals surface area contributed by atoms with Crippen molar-refractivity contribution in [2.24, 2.45) is 17.6 Å². The summed E-state index contributed by atoms with van der Waals surface area (Å²) in [7, 11) is 0. The zero-order valence-corrected chi connectivity index (χ0v) is 11.0. The summed E-state index contributed by atoms with van der Waals surface area (Å²) in [6, 6.07) is 0.211. The van der Waals surface area contributed by atoms with Crippen LogP contribution in [0.3, 0.4) is 0 Å². The molecule has 2 atom stereocenters. The SMILES string of the molecule is CCC(CC1CCCC1)C(=O)N1CC[C@@H](N)C1. The summed E-state index contributed by atoms with van der Waals surface area (Å²) < 4.78 is 0. The second-order valence-electron chi connectivity index (χ2n) is 5.82. The van der Waals surface area contributed by atoms with E-state index in [4.69, 9.17) is 5.73 Å². The van der Waals surface area contributed by atoms with Crippen molar-refractivity contribution in [3.63, 3.8) is 0 Å². The number of carbonyl (C=O) groups is 1. The molecule has 98 valence electrons. The van der Waals surface area contributed by atoms with Crippen molar-refractivity contribution in [2.45, 2.75) is 57.9 Å². The number of hydrogen-bond donors (Lipinski definition) is 1. The van der Waals surface area contributed by atoms with E-state index in [1.165, 1.54) is 25.7 Å². The minimum absolute atomic E-state index is 0.211. The van der Waals surface area contributed by atoms with E-state index in [1.54, 1.807) is 0 Å². The van der Waals surface area contributed by atoms with Crippen LogP contribution in [0.25, 0.3) is 0 Å².